The van der Waals surface area contributed by atoms with Crippen LogP contribution < -0.4 is 5.32 Å². The molecule has 2 heteroatoms. The molecule has 0 aliphatic heterocycles. The van der Waals surface area contributed by atoms with E-state index in [4.69, 9.17) is 4.98 Å². The van der Waals surface area contributed by atoms with Gasteiger partial charge in [-0.1, -0.05) is 25.8 Å². The largest absolute Gasteiger partial charge is 0.314 e. The van der Waals surface area contributed by atoms with Gasteiger partial charge in [0.25, 0.3) is 0 Å². The minimum absolute atomic E-state index is 0.649. The van der Waals surface area contributed by atoms with E-state index >= 15 is 0 Å². The topological polar surface area (TPSA) is 24.9 Å². The zero-order chi connectivity index (χ0) is 12.4. The molecule has 98 valence electrons. The molecule has 0 amide bonds. The Morgan fingerprint density at radius 1 is 1.39 bits per heavy atom. The summed E-state index contributed by atoms with van der Waals surface area (Å²) in [6.07, 6.45) is 10.1. The van der Waals surface area contributed by atoms with Gasteiger partial charge in [-0.3, -0.25) is 4.98 Å². The second-order valence-corrected chi connectivity index (χ2v) is 5.89. The maximum atomic E-state index is 4.69. The first-order valence-corrected chi connectivity index (χ1v) is 7.55. The normalized spacial score (nSPS) is 24.6. The number of aromatic nitrogens is 1. The highest BCUT2D eigenvalue weighted by molar-refractivity contribution is 5.27. The van der Waals surface area contributed by atoms with Crippen molar-refractivity contribution in [1.82, 2.24) is 10.3 Å². The second kappa shape index (κ2) is 5.40. The van der Waals surface area contributed by atoms with Crippen LogP contribution in [-0.2, 0) is 6.42 Å². The lowest BCUT2D eigenvalue weighted by Gasteiger charge is -2.32. The molecule has 3 rings (SSSR count). The van der Waals surface area contributed by atoms with E-state index in [1.165, 1.54) is 49.8 Å². The molecule has 1 saturated carbocycles. The van der Waals surface area contributed by atoms with Gasteiger partial charge in [-0.2, -0.15) is 0 Å². The molecule has 2 atom stereocenters. The fourth-order valence-electron chi connectivity index (χ4n) is 3.40. The van der Waals surface area contributed by atoms with E-state index in [0.29, 0.717) is 12.0 Å². The second-order valence-electron chi connectivity index (χ2n) is 5.89. The van der Waals surface area contributed by atoms with Crippen LogP contribution in [0.15, 0.2) is 18.3 Å². The number of likely N-dealkylation sites (N-methyl/N-ethyl adjacent to an activating group) is 1. The lowest BCUT2D eigenvalue weighted by molar-refractivity contribution is 0.359. The summed E-state index contributed by atoms with van der Waals surface area (Å²) < 4.78 is 0. The molecule has 18 heavy (non-hydrogen) atoms. The number of nitrogens with one attached hydrogen (secondary N) is 1. The van der Waals surface area contributed by atoms with Gasteiger partial charge in [-0.05, 0) is 49.8 Å². The van der Waals surface area contributed by atoms with Crippen LogP contribution in [0.3, 0.4) is 0 Å². The van der Waals surface area contributed by atoms with Gasteiger partial charge >= 0.3 is 0 Å². The highest BCUT2D eigenvalue weighted by Gasteiger charge is 2.33. The number of aryl methyl sites for hydroxylation is 1. The molecule has 2 nitrogen and oxygen atoms in total. The van der Waals surface area contributed by atoms with Crippen molar-refractivity contribution in [3.05, 3.63) is 29.6 Å². The van der Waals surface area contributed by atoms with E-state index in [2.05, 4.69) is 24.4 Å². The SMILES string of the molecule is CCNC(CC1CC1)C1CCCc2cccnc21. The molecule has 1 fully saturated rings. The minimum Gasteiger partial charge on any atom is -0.314 e. The molecular formula is C16H24N2. The summed E-state index contributed by atoms with van der Waals surface area (Å²) in [5.74, 6) is 1.64. The standard InChI is InChI=1S/C16H24N2/c1-2-17-15(11-12-8-9-12)14-7-3-5-13-6-4-10-18-16(13)14/h4,6,10,12,14-15,17H,2-3,5,7-9,11H2,1H3. The van der Waals surface area contributed by atoms with Gasteiger partial charge in [0, 0.05) is 23.9 Å². The molecule has 2 unspecified atom stereocenters. The van der Waals surface area contributed by atoms with Crippen LogP contribution in [0, 0.1) is 5.92 Å². The van der Waals surface area contributed by atoms with Gasteiger partial charge in [-0.25, -0.2) is 0 Å². The number of hydrogen-bond acceptors (Lipinski definition) is 2. The van der Waals surface area contributed by atoms with Gasteiger partial charge in [0.15, 0.2) is 0 Å². The van der Waals surface area contributed by atoms with Crippen LogP contribution in [0.2, 0.25) is 0 Å². The Bertz CT molecular complexity index is 398. The Labute approximate surface area is 110 Å². The molecule has 0 saturated heterocycles. The van der Waals surface area contributed by atoms with E-state index in [9.17, 15) is 0 Å². The first-order valence-electron chi connectivity index (χ1n) is 7.55. The molecule has 0 spiro atoms. The van der Waals surface area contributed by atoms with Crippen LogP contribution in [-0.4, -0.2) is 17.6 Å². The highest BCUT2D eigenvalue weighted by atomic mass is 14.9. The third-order valence-electron chi connectivity index (χ3n) is 4.47. The van der Waals surface area contributed by atoms with Gasteiger partial charge in [0.1, 0.15) is 0 Å². The van der Waals surface area contributed by atoms with Crippen molar-refractivity contribution in [2.45, 2.75) is 57.4 Å². The van der Waals surface area contributed by atoms with E-state index in [1.54, 1.807) is 0 Å². The molecule has 1 heterocycles. The van der Waals surface area contributed by atoms with E-state index in [-0.39, 0.29) is 0 Å². The Morgan fingerprint density at radius 2 is 2.28 bits per heavy atom. The van der Waals surface area contributed by atoms with Crippen molar-refractivity contribution in [3.8, 4) is 0 Å². The zero-order valence-corrected chi connectivity index (χ0v) is 11.4. The highest BCUT2D eigenvalue weighted by Crippen LogP contribution is 2.40. The predicted octanol–water partition coefficient (Wildman–Crippen LogP) is 3.28. The number of nitrogens with zero attached hydrogens (tertiary/aromatic N) is 1. The summed E-state index contributed by atoms with van der Waals surface area (Å²) >= 11 is 0. The Morgan fingerprint density at radius 3 is 3.06 bits per heavy atom. The quantitative estimate of drug-likeness (QED) is 0.860. The van der Waals surface area contributed by atoms with Gasteiger partial charge in [0.05, 0.1) is 0 Å². The van der Waals surface area contributed by atoms with Crippen molar-refractivity contribution >= 4 is 0 Å². The number of fused-ring (bicyclic) bond motifs is 1. The van der Waals surface area contributed by atoms with Crippen molar-refractivity contribution in [1.29, 1.82) is 0 Å². The van der Waals surface area contributed by atoms with Crippen LogP contribution in [0.5, 0.6) is 0 Å². The molecule has 1 aromatic heterocycles. The van der Waals surface area contributed by atoms with Crippen LogP contribution in [0.25, 0.3) is 0 Å². The summed E-state index contributed by atoms with van der Waals surface area (Å²) in [6, 6.07) is 5.01. The molecule has 1 N–H and O–H groups in total. The smallest absolute Gasteiger partial charge is 0.0481 e. The minimum atomic E-state index is 0.649. The molecule has 2 aliphatic rings. The Hall–Kier alpha value is -0.890. The van der Waals surface area contributed by atoms with E-state index in [1.807, 2.05) is 6.20 Å². The molecule has 0 aromatic carbocycles. The summed E-state index contributed by atoms with van der Waals surface area (Å²) in [5.41, 5.74) is 2.88. The summed E-state index contributed by atoms with van der Waals surface area (Å²) in [6.45, 7) is 3.30. The predicted molar refractivity (Wildman–Crippen MR) is 74.7 cm³/mol. The number of pyridine rings is 1. The summed E-state index contributed by atoms with van der Waals surface area (Å²) in [5, 5.41) is 3.72. The summed E-state index contributed by atoms with van der Waals surface area (Å²) in [4.78, 5) is 4.69. The lowest BCUT2D eigenvalue weighted by Crippen LogP contribution is -2.37. The fraction of sp³-hybridized carbons (Fsp3) is 0.688. The van der Waals surface area contributed by atoms with Gasteiger partial charge < -0.3 is 5.32 Å². The van der Waals surface area contributed by atoms with E-state index in [0.717, 1.165) is 12.5 Å². The van der Waals surface area contributed by atoms with E-state index < -0.39 is 0 Å². The summed E-state index contributed by atoms with van der Waals surface area (Å²) in [7, 11) is 0. The van der Waals surface area contributed by atoms with Crippen LogP contribution in [0.4, 0.5) is 0 Å². The maximum Gasteiger partial charge on any atom is 0.0481 e. The third-order valence-corrected chi connectivity index (χ3v) is 4.47. The van der Waals surface area contributed by atoms with Crippen molar-refractivity contribution in [2.24, 2.45) is 5.92 Å². The fourth-order valence-corrected chi connectivity index (χ4v) is 3.40. The average Bonchev–Trinajstić information content (AvgIpc) is 3.22. The molecule has 0 bridgehead atoms. The number of rotatable bonds is 5. The number of hydrogen-bond donors (Lipinski definition) is 1. The average molecular weight is 244 g/mol. The van der Waals surface area contributed by atoms with Crippen molar-refractivity contribution in [3.63, 3.8) is 0 Å². The first-order chi connectivity index (χ1) is 8.88. The maximum absolute atomic E-state index is 4.69. The Kier molecular flexibility index (Phi) is 3.64. The van der Waals surface area contributed by atoms with Gasteiger partial charge in [0.2, 0.25) is 0 Å². The lowest BCUT2D eigenvalue weighted by atomic mass is 9.80. The molecule has 0 radical (unpaired) electrons. The molecular weight excluding hydrogens is 220 g/mol. The van der Waals surface area contributed by atoms with Crippen molar-refractivity contribution in [2.75, 3.05) is 6.54 Å². The first kappa shape index (κ1) is 12.2. The Balaban J connectivity index is 1.80. The van der Waals surface area contributed by atoms with Crippen molar-refractivity contribution < 1.29 is 0 Å². The zero-order valence-electron chi connectivity index (χ0n) is 11.4. The third kappa shape index (κ3) is 2.59. The van der Waals surface area contributed by atoms with Crippen LogP contribution in [0.1, 0.15) is 56.2 Å². The molecule has 2 aliphatic carbocycles. The monoisotopic (exact) mass is 244 g/mol. The van der Waals surface area contributed by atoms with Gasteiger partial charge in [-0.15, -0.1) is 0 Å². The molecule has 1 aromatic rings. The van der Waals surface area contributed by atoms with Crippen LogP contribution >= 0.6 is 0 Å².